The van der Waals surface area contributed by atoms with Crippen molar-refractivity contribution in [1.82, 2.24) is 4.98 Å². The first-order valence-corrected chi connectivity index (χ1v) is 5.98. The molecule has 1 aromatic carbocycles. The van der Waals surface area contributed by atoms with Crippen molar-refractivity contribution in [3.63, 3.8) is 0 Å². The molecule has 0 saturated carbocycles. The predicted octanol–water partition coefficient (Wildman–Crippen LogP) is 0.941. The number of carbonyl (C=O) groups excluding carboxylic acids is 2. The van der Waals surface area contributed by atoms with Crippen molar-refractivity contribution in [3.8, 4) is 0 Å². The van der Waals surface area contributed by atoms with Gasteiger partial charge in [0.25, 0.3) is 0 Å². The zero-order chi connectivity index (χ0) is 14.9. The average molecular weight is 294 g/mol. The van der Waals surface area contributed by atoms with Gasteiger partial charge in [-0.05, 0) is 18.2 Å². The number of hydrogen-bond donors (Lipinski definition) is 3. The van der Waals surface area contributed by atoms with E-state index in [0.717, 1.165) is 0 Å². The number of aromatic nitrogens is 1. The standard InChI is InChI=1S/C12H10N2O5S/c13-10(16)5-1-2-8-7(3-5)14-11(19-8)6(12(17)18)4-9(15)20/h1-3,6H,4H2,(H2,13,16)(H,15,20)(H,17,18). The van der Waals surface area contributed by atoms with Crippen molar-refractivity contribution >= 4 is 40.7 Å². The minimum atomic E-state index is -1.24. The Balaban J connectivity index is 2.46. The SMILES string of the molecule is NC(=O)c1ccc2oc(C(CC(=O)S)C(=O)O)nc2c1. The van der Waals surface area contributed by atoms with Crippen molar-refractivity contribution in [3.05, 3.63) is 29.7 Å². The van der Waals surface area contributed by atoms with E-state index in [-0.39, 0.29) is 17.9 Å². The molecule has 1 amide bonds. The van der Waals surface area contributed by atoms with Crippen LogP contribution in [0, 0.1) is 0 Å². The minimum Gasteiger partial charge on any atom is -0.481 e. The third kappa shape index (κ3) is 2.80. The number of rotatable bonds is 5. The van der Waals surface area contributed by atoms with Gasteiger partial charge in [-0.2, -0.15) is 0 Å². The van der Waals surface area contributed by atoms with E-state index in [9.17, 15) is 14.4 Å². The van der Waals surface area contributed by atoms with Crippen molar-refractivity contribution in [2.24, 2.45) is 5.73 Å². The maximum Gasteiger partial charge on any atom is 0.316 e. The Morgan fingerprint density at radius 2 is 2.10 bits per heavy atom. The average Bonchev–Trinajstić information content (AvgIpc) is 2.77. The lowest BCUT2D eigenvalue weighted by Gasteiger charge is -2.04. The van der Waals surface area contributed by atoms with Gasteiger partial charge < -0.3 is 15.3 Å². The molecule has 0 radical (unpaired) electrons. The number of nitrogens with zero attached hydrogens (tertiary/aromatic N) is 1. The van der Waals surface area contributed by atoms with Crippen LogP contribution in [0.15, 0.2) is 22.6 Å². The molecule has 104 valence electrons. The van der Waals surface area contributed by atoms with E-state index in [0.29, 0.717) is 11.1 Å². The van der Waals surface area contributed by atoms with Crippen molar-refractivity contribution in [1.29, 1.82) is 0 Å². The Kier molecular flexibility index (Phi) is 3.75. The van der Waals surface area contributed by atoms with E-state index in [1.807, 2.05) is 0 Å². The fourth-order valence-electron chi connectivity index (χ4n) is 1.70. The van der Waals surface area contributed by atoms with Gasteiger partial charge in [0.05, 0.1) is 0 Å². The lowest BCUT2D eigenvalue weighted by atomic mass is 10.1. The van der Waals surface area contributed by atoms with Crippen LogP contribution < -0.4 is 5.73 Å². The van der Waals surface area contributed by atoms with Crippen LogP contribution in [0.5, 0.6) is 0 Å². The van der Waals surface area contributed by atoms with Crippen LogP contribution in [-0.2, 0) is 9.59 Å². The van der Waals surface area contributed by atoms with Gasteiger partial charge in [-0.1, -0.05) is 0 Å². The molecule has 8 heteroatoms. The number of carboxylic acid groups (broad SMARTS) is 1. The lowest BCUT2D eigenvalue weighted by molar-refractivity contribution is -0.140. The number of carboxylic acids is 1. The highest BCUT2D eigenvalue weighted by atomic mass is 32.1. The van der Waals surface area contributed by atoms with E-state index in [4.69, 9.17) is 15.3 Å². The molecule has 2 aromatic rings. The van der Waals surface area contributed by atoms with Crippen LogP contribution in [-0.4, -0.2) is 27.1 Å². The normalized spacial score (nSPS) is 12.2. The number of primary amides is 1. The first-order chi connectivity index (χ1) is 9.38. The highest BCUT2D eigenvalue weighted by Gasteiger charge is 2.27. The highest BCUT2D eigenvalue weighted by molar-refractivity contribution is 7.96. The van der Waals surface area contributed by atoms with Crippen LogP contribution in [0.25, 0.3) is 11.1 Å². The summed E-state index contributed by atoms with van der Waals surface area (Å²) in [5, 5.41) is 8.50. The second-order valence-electron chi connectivity index (χ2n) is 4.09. The largest absolute Gasteiger partial charge is 0.481 e. The summed E-state index contributed by atoms with van der Waals surface area (Å²) >= 11 is 3.56. The van der Waals surface area contributed by atoms with Crippen LogP contribution in [0.2, 0.25) is 0 Å². The minimum absolute atomic E-state index is 0.114. The molecule has 7 nitrogen and oxygen atoms in total. The third-order valence-electron chi connectivity index (χ3n) is 2.66. The fourth-order valence-corrected chi connectivity index (χ4v) is 1.89. The number of carbonyl (C=O) groups is 3. The molecule has 0 aliphatic rings. The Labute approximate surface area is 118 Å². The molecular weight excluding hydrogens is 284 g/mol. The number of hydrogen-bond acceptors (Lipinski definition) is 5. The number of aliphatic carboxylic acids is 1. The van der Waals surface area contributed by atoms with E-state index < -0.39 is 22.9 Å². The number of benzene rings is 1. The van der Waals surface area contributed by atoms with Crippen molar-refractivity contribution in [2.45, 2.75) is 12.3 Å². The summed E-state index contributed by atoms with van der Waals surface area (Å²) in [4.78, 5) is 37.1. The van der Waals surface area contributed by atoms with Gasteiger partial charge in [-0.15, -0.1) is 12.6 Å². The molecule has 1 unspecified atom stereocenters. The maximum absolute atomic E-state index is 11.1. The molecule has 0 aliphatic heterocycles. The summed E-state index contributed by atoms with van der Waals surface area (Å²) in [6, 6.07) is 4.30. The number of amides is 1. The molecule has 20 heavy (non-hydrogen) atoms. The predicted molar refractivity (Wildman–Crippen MR) is 71.5 cm³/mol. The quantitative estimate of drug-likeness (QED) is 0.705. The van der Waals surface area contributed by atoms with Crippen LogP contribution in [0.1, 0.15) is 28.6 Å². The second-order valence-corrected chi connectivity index (χ2v) is 4.59. The molecule has 1 atom stereocenters. The molecule has 1 heterocycles. The van der Waals surface area contributed by atoms with Gasteiger partial charge in [-0.25, -0.2) is 4.98 Å². The van der Waals surface area contributed by atoms with Gasteiger partial charge in [0, 0.05) is 12.0 Å². The van der Waals surface area contributed by atoms with Crippen molar-refractivity contribution in [2.75, 3.05) is 0 Å². The van der Waals surface area contributed by atoms with Crippen LogP contribution in [0.4, 0.5) is 0 Å². The number of thiol groups is 1. The first-order valence-electron chi connectivity index (χ1n) is 5.53. The monoisotopic (exact) mass is 294 g/mol. The Morgan fingerprint density at radius 1 is 1.40 bits per heavy atom. The molecule has 3 N–H and O–H groups in total. The van der Waals surface area contributed by atoms with Gasteiger partial charge >= 0.3 is 5.97 Å². The summed E-state index contributed by atoms with van der Waals surface area (Å²) in [5.74, 6) is -3.20. The topological polar surface area (TPSA) is 123 Å². The van der Waals surface area contributed by atoms with E-state index in [2.05, 4.69) is 17.6 Å². The molecule has 0 saturated heterocycles. The summed E-state index contributed by atoms with van der Waals surface area (Å²) in [7, 11) is 0. The Hall–Kier alpha value is -2.35. The molecule has 0 fully saturated rings. The van der Waals surface area contributed by atoms with Gasteiger partial charge in [0.1, 0.15) is 11.4 Å². The first kappa shape index (κ1) is 14.1. The van der Waals surface area contributed by atoms with E-state index in [1.165, 1.54) is 18.2 Å². The molecule has 1 aromatic heterocycles. The van der Waals surface area contributed by atoms with Crippen LogP contribution in [0.3, 0.4) is 0 Å². The number of oxazole rings is 1. The van der Waals surface area contributed by atoms with Crippen LogP contribution >= 0.6 is 12.6 Å². The Bertz CT molecular complexity index is 709. The number of nitrogens with two attached hydrogens (primary N) is 1. The smallest absolute Gasteiger partial charge is 0.316 e. The third-order valence-corrected chi connectivity index (χ3v) is 2.85. The van der Waals surface area contributed by atoms with Crippen molar-refractivity contribution < 1.29 is 23.9 Å². The molecule has 2 rings (SSSR count). The summed E-state index contributed by atoms with van der Waals surface area (Å²) < 4.78 is 5.30. The highest BCUT2D eigenvalue weighted by Crippen LogP contribution is 2.25. The van der Waals surface area contributed by atoms with Gasteiger partial charge in [0.2, 0.25) is 11.8 Å². The van der Waals surface area contributed by atoms with E-state index in [1.54, 1.807) is 0 Å². The number of fused-ring (bicyclic) bond motifs is 1. The molecular formula is C12H10N2O5S. The molecule has 0 bridgehead atoms. The lowest BCUT2D eigenvalue weighted by Crippen LogP contribution is -2.14. The Morgan fingerprint density at radius 3 is 2.65 bits per heavy atom. The van der Waals surface area contributed by atoms with Gasteiger partial charge in [-0.3, -0.25) is 14.4 Å². The molecule has 0 aliphatic carbocycles. The zero-order valence-corrected chi connectivity index (χ0v) is 11.0. The second kappa shape index (κ2) is 5.33. The van der Waals surface area contributed by atoms with E-state index >= 15 is 0 Å². The fraction of sp³-hybridized carbons (Fsp3) is 0.167. The summed E-state index contributed by atoms with van der Waals surface area (Å²) in [6.07, 6.45) is -0.339. The summed E-state index contributed by atoms with van der Waals surface area (Å²) in [5.41, 5.74) is 5.98. The zero-order valence-electron chi connectivity index (χ0n) is 10.1. The van der Waals surface area contributed by atoms with Gasteiger partial charge in [0.15, 0.2) is 10.7 Å². The maximum atomic E-state index is 11.1. The summed E-state index contributed by atoms with van der Waals surface area (Å²) in [6.45, 7) is 0. The molecule has 0 spiro atoms.